The van der Waals surface area contributed by atoms with Crippen LogP contribution >= 0.6 is 0 Å². The molecule has 4 nitrogen and oxygen atoms in total. The molecule has 0 radical (unpaired) electrons. The van der Waals surface area contributed by atoms with Crippen LogP contribution in [0.15, 0.2) is 0 Å². The molecule has 1 fully saturated rings. The lowest BCUT2D eigenvalue weighted by Gasteiger charge is -2.25. The van der Waals surface area contributed by atoms with Crippen molar-refractivity contribution in [1.82, 2.24) is 5.32 Å². The molecule has 0 aromatic carbocycles. The second-order valence-electron chi connectivity index (χ2n) is 5.16. The molecule has 1 aliphatic heterocycles. The molecule has 0 aromatic rings. The fourth-order valence-electron chi connectivity index (χ4n) is 2.56. The molecule has 0 aromatic heterocycles. The minimum atomic E-state index is -2.74. The molecule has 1 saturated heterocycles. The summed E-state index contributed by atoms with van der Waals surface area (Å²) in [6.07, 6.45) is 2.81. The van der Waals surface area contributed by atoms with Crippen molar-refractivity contribution >= 4 is 9.84 Å². The normalized spacial score (nSPS) is 26.9. The summed E-state index contributed by atoms with van der Waals surface area (Å²) >= 11 is 0. The van der Waals surface area contributed by atoms with Crippen LogP contribution in [0.4, 0.5) is 0 Å². The molecule has 0 amide bonds. The summed E-state index contributed by atoms with van der Waals surface area (Å²) in [5, 5.41) is 3.31. The predicted octanol–water partition coefficient (Wildman–Crippen LogP) is 1.07. The van der Waals surface area contributed by atoms with Crippen LogP contribution in [0.1, 0.15) is 26.2 Å². The maximum Gasteiger partial charge on any atom is 0.150 e. The Morgan fingerprint density at radius 3 is 2.65 bits per heavy atom. The van der Waals surface area contributed by atoms with Crippen molar-refractivity contribution in [3.05, 3.63) is 0 Å². The Labute approximate surface area is 105 Å². The van der Waals surface area contributed by atoms with Gasteiger partial charge in [-0.05, 0) is 38.1 Å². The molecular formula is C12H25NO3S. The van der Waals surface area contributed by atoms with Gasteiger partial charge in [0, 0.05) is 19.8 Å². The van der Waals surface area contributed by atoms with Crippen molar-refractivity contribution in [2.75, 3.05) is 32.3 Å². The largest absolute Gasteiger partial charge is 0.385 e. The van der Waals surface area contributed by atoms with Crippen LogP contribution in [-0.4, -0.2) is 46.7 Å². The highest BCUT2D eigenvalue weighted by Crippen LogP contribution is 2.25. The lowest BCUT2D eigenvalue weighted by molar-refractivity contribution is 0.167. The Balaban J connectivity index is 2.41. The molecule has 0 aliphatic carbocycles. The van der Waals surface area contributed by atoms with Gasteiger partial charge in [0.25, 0.3) is 0 Å². The zero-order valence-corrected chi connectivity index (χ0v) is 11.9. The summed E-state index contributed by atoms with van der Waals surface area (Å²) in [6.45, 7) is 2.96. The molecule has 1 N–H and O–H groups in total. The van der Waals surface area contributed by atoms with Crippen molar-refractivity contribution in [2.45, 2.75) is 32.2 Å². The van der Waals surface area contributed by atoms with Crippen LogP contribution < -0.4 is 5.32 Å². The van der Waals surface area contributed by atoms with Crippen LogP contribution in [0.3, 0.4) is 0 Å². The van der Waals surface area contributed by atoms with E-state index in [2.05, 4.69) is 12.2 Å². The second-order valence-corrected chi connectivity index (χ2v) is 7.39. The standard InChI is InChI=1S/C12H25NO3S/c1-10(4-6-16-3)12(13-2)8-11-5-7-17(14,15)9-11/h10-13H,4-9H2,1-3H3. The zero-order chi connectivity index (χ0) is 12.9. The fraction of sp³-hybridized carbons (Fsp3) is 1.00. The molecule has 0 saturated carbocycles. The number of sulfone groups is 1. The number of hydrogen-bond acceptors (Lipinski definition) is 4. The van der Waals surface area contributed by atoms with Crippen molar-refractivity contribution < 1.29 is 13.2 Å². The van der Waals surface area contributed by atoms with Gasteiger partial charge in [0.05, 0.1) is 11.5 Å². The highest BCUT2D eigenvalue weighted by atomic mass is 32.2. The number of rotatable bonds is 7. The maximum absolute atomic E-state index is 11.4. The van der Waals surface area contributed by atoms with Crippen molar-refractivity contribution in [2.24, 2.45) is 11.8 Å². The average Bonchev–Trinajstić information content (AvgIpc) is 2.62. The van der Waals surface area contributed by atoms with Gasteiger partial charge in [0.1, 0.15) is 0 Å². The van der Waals surface area contributed by atoms with E-state index in [9.17, 15) is 8.42 Å². The first-order chi connectivity index (χ1) is 7.98. The molecule has 0 spiro atoms. The third-order valence-electron chi connectivity index (χ3n) is 3.75. The van der Waals surface area contributed by atoms with E-state index in [4.69, 9.17) is 4.74 Å². The minimum absolute atomic E-state index is 0.336. The Morgan fingerprint density at radius 2 is 2.18 bits per heavy atom. The van der Waals surface area contributed by atoms with E-state index < -0.39 is 9.84 Å². The van der Waals surface area contributed by atoms with Crippen LogP contribution in [-0.2, 0) is 14.6 Å². The van der Waals surface area contributed by atoms with Crippen molar-refractivity contribution in [1.29, 1.82) is 0 Å². The number of nitrogens with one attached hydrogen (secondary N) is 1. The lowest BCUT2D eigenvalue weighted by atomic mass is 9.89. The van der Waals surface area contributed by atoms with Crippen LogP contribution in [0.5, 0.6) is 0 Å². The molecule has 102 valence electrons. The second kappa shape index (κ2) is 6.71. The van der Waals surface area contributed by atoms with Gasteiger partial charge in [0.2, 0.25) is 0 Å². The topological polar surface area (TPSA) is 55.4 Å². The fourth-order valence-corrected chi connectivity index (χ4v) is 4.44. The van der Waals surface area contributed by atoms with Crippen LogP contribution in [0.25, 0.3) is 0 Å². The molecule has 3 unspecified atom stereocenters. The van der Waals surface area contributed by atoms with Gasteiger partial charge in [0.15, 0.2) is 9.84 Å². The number of hydrogen-bond donors (Lipinski definition) is 1. The SMILES string of the molecule is CNC(CC1CCS(=O)(=O)C1)C(C)CCOC. The summed E-state index contributed by atoms with van der Waals surface area (Å²) in [5.74, 6) is 1.61. The predicted molar refractivity (Wildman–Crippen MR) is 69.9 cm³/mol. The van der Waals surface area contributed by atoms with Gasteiger partial charge >= 0.3 is 0 Å². The molecule has 1 rings (SSSR count). The summed E-state index contributed by atoms with van der Waals surface area (Å²) in [6, 6.07) is 0.392. The molecular weight excluding hydrogens is 238 g/mol. The zero-order valence-electron chi connectivity index (χ0n) is 11.1. The van der Waals surface area contributed by atoms with E-state index in [1.807, 2.05) is 7.05 Å². The Hall–Kier alpha value is -0.130. The lowest BCUT2D eigenvalue weighted by Crippen LogP contribution is -2.35. The van der Waals surface area contributed by atoms with Crippen LogP contribution in [0, 0.1) is 11.8 Å². The van der Waals surface area contributed by atoms with Gasteiger partial charge in [-0.25, -0.2) is 8.42 Å². The third kappa shape index (κ3) is 4.94. The maximum atomic E-state index is 11.4. The van der Waals surface area contributed by atoms with Gasteiger partial charge in [-0.3, -0.25) is 0 Å². The highest BCUT2D eigenvalue weighted by molar-refractivity contribution is 7.91. The number of methoxy groups -OCH3 is 1. The van der Waals surface area contributed by atoms with Crippen molar-refractivity contribution in [3.8, 4) is 0 Å². The first-order valence-electron chi connectivity index (χ1n) is 6.35. The smallest absolute Gasteiger partial charge is 0.150 e. The summed E-state index contributed by atoms with van der Waals surface area (Å²) in [5.41, 5.74) is 0. The molecule has 1 heterocycles. The van der Waals surface area contributed by atoms with Gasteiger partial charge in [-0.2, -0.15) is 0 Å². The Morgan fingerprint density at radius 1 is 1.47 bits per heavy atom. The summed E-state index contributed by atoms with van der Waals surface area (Å²) < 4.78 is 27.9. The molecule has 1 aliphatic rings. The van der Waals surface area contributed by atoms with Crippen molar-refractivity contribution in [3.63, 3.8) is 0 Å². The van der Waals surface area contributed by atoms with E-state index >= 15 is 0 Å². The first-order valence-corrected chi connectivity index (χ1v) is 8.17. The number of ether oxygens (including phenoxy) is 1. The highest BCUT2D eigenvalue weighted by Gasteiger charge is 2.30. The van der Waals surface area contributed by atoms with E-state index in [1.165, 1.54) is 0 Å². The molecule has 3 atom stereocenters. The van der Waals surface area contributed by atoms with Gasteiger partial charge < -0.3 is 10.1 Å². The minimum Gasteiger partial charge on any atom is -0.385 e. The third-order valence-corrected chi connectivity index (χ3v) is 5.59. The quantitative estimate of drug-likeness (QED) is 0.746. The molecule has 0 bridgehead atoms. The van der Waals surface area contributed by atoms with E-state index in [1.54, 1.807) is 7.11 Å². The van der Waals surface area contributed by atoms with E-state index in [-0.39, 0.29) is 0 Å². The van der Waals surface area contributed by atoms with Gasteiger partial charge in [-0.15, -0.1) is 0 Å². The first kappa shape index (κ1) is 14.9. The summed E-state index contributed by atoms with van der Waals surface area (Å²) in [4.78, 5) is 0. The molecule has 17 heavy (non-hydrogen) atoms. The Kier molecular flexibility index (Phi) is 5.89. The van der Waals surface area contributed by atoms with E-state index in [0.717, 1.165) is 25.9 Å². The average molecular weight is 263 g/mol. The monoisotopic (exact) mass is 263 g/mol. The summed E-state index contributed by atoms with van der Waals surface area (Å²) in [7, 11) is 0.924. The molecule has 5 heteroatoms. The van der Waals surface area contributed by atoms with Gasteiger partial charge in [-0.1, -0.05) is 6.92 Å². The Bertz CT molecular complexity index is 316. The van der Waals surface area contributed by atoms with Crippen LogP contribution in [0.2, 0.25) is 0 Å². The van der Waals surface area contributed by atoms with E-state index in [0.29, 0.717) is 29.4 Å².